The Labute approximate surface area is 166 Å². The summed E-state index contributed by atoms with van der Waals surface area (Å²) < 4.78 is 25.7. The lowest BCUT2D eigenvalue weighted by Crippen LogP contribution is -2.32. The van der Waals surface area contributed by atoms with Crippen LogP contribution in [-0.4, -0.2) is 27.1 Å². The van der Waals surface area contributed by atoms with E-state index in [9.17, 15) is 13.2 Å². The summed E-state index contributed by atoms with van der Waals surface area (Å²) in [5.41, 5.74) is 4.36. The lowest BCUT2D eigenvalue weighted by molar-refractivity contribution is -0.116. The molecule has 0 fully saturated rings. The molecular formula is C20H25ClN2O3S. The van der Waals surface area contributed by atoms with Crippen molar-refractivity contribution >= 4 is 38.9 Å². The number of rotatable bonds is 7. The standard InChI is InChI=1S/C20H25ClN2O3S/c1-14-8-10-18(12-16(14)3)22-20(24)6-5-11-23(27(4,25)26)19-13-17(21)9-7-15(19)2/h7-10,12-13H,5-6,11H2,1-4H3,(H,22,24). The highest BCUT2D eigenvalue weighted by Gasteiger charge is 2.19. The van der Waals surface area contributed by atoms with Gasteiger partial charge in [0.1, 0.15) is 0 Å². The SMILES string of the molecule is Cc1ccc(NC(=O)CCCN(c2cc(Cl)ccc2C)S(C)(=O)=O)cc1C. The lowest BCUT2D eigenvalue weighted by Gasteiger charge is -2.24. The van der Waals surface area contributed by atoms with Gasteiger partial charge in [-0.25, -0.2) is 8.42 Å². The van der Waals surface area contributed by atoms with E-state index < -0.39 is 10.0 Å². The first-order valence-electron chi connectivity index (χ1n) is 8.69. The molecule has 2 rings (SSSR count). The van der Waals surface area contributed by atoms with Gasteiger partial charge >= 0.3 is 0 Å². The van der Waals surface area contributed by atoms with E-state index in [1.807, 2.05) is 39.0 Å². The van der Waals surface area contributed by atoms with Crippen molar-refractivity contribution in [2.45, 2.75) is 33.6 Å². The minimum atomic E-state index is -3.48. The molecule has 0 aliphatic heterocycles. The summed E-state index contributed by atoms with van der Waals surface area (Å²) in [6, 6.07) is 10.9. The Morgan fingerprint density at radius 1 is 1.04 bits per heavy atom. The van der Waals surface area contributed by atoms with Crippen molar-refractivity contribution in [1.82, 2.24) is 0 Å². The summed E-state index contributed by atoms with van der Waals surface area (Å²) in [7, 11) is -3.48. The van der Waals surface area contributed by atoms with Crippen LogP contribution in [0.15, 0.2) is 36.4 Å². The van der Waals surface area contributed by atoms with Crippen molar-refractivity contribution in [2.24, 2.45) is 0 Å². The Hall–Kier alpha value is -2.05. The molecule has 1 N–H and O–H groups in total. The number of carbonyl (C=O) groups excluding carboxylic acids is 1. The number of hydrogen-bond donors (Lipinski definition) is 1. The van der Waals surface area contributed by atoms with Crippen LogP contribution in [0.5, 0.6) is 0 Å². The fourth-order valence-corrected chi connectivity index (χ4v) is 3.92. The number of halogens is 1. The summed E-state index contributed by atoms with van der Waals surface area (Å²) >= 11 is 6.02. The number of sulfonamides is 1. The summed E-state index contributed by atoms with van der Waals surface area (Å²) in [6.45, 7) is 6.04. The number of amides is 1. The molecule has 0 atom stereocenters. The summed E-state index contributed by atoms with van der Waals surface area (Å²) in [5, 5.41) is 3.32. The molecule has 0 heterocycles. The molecule has 5 nitrogen and oxygen atoms in total. The van der Waals surface area contributed by atoms with Crippen LogP contribution >= 0.6 is 11.6 Å². The first kappa shape index (κ1) is 21.3. The second-order valence-corrected chi connectivity index (χ2v) is 9.06. The average Bonchev–Trinajstić information content (AvgIpc) is 2.56. The zero-order valence-electron chi connectivity index (χ0n) is 16.0. The van der Waals surface area contributed by atoms with Crippen LogP contribution in [0.2, 0.25) is 5.02 Å². The van der Waals surface area contributed by atoms with Gasteiger partial charge in [-0.15, -0.1) is 0 Å². The van der Waals surface area contributed by atoms with Gasteiger partial charge in [0.15, 0.2) is 0 Å². The Kier molecular flexibility index (Phi) is 6.89. The van der Waals surface area contributed by atoms with Gasteiger partial charge in [0, 0.05) is 23.7 Å². The Morgan fingerprint density at radius 3 is 2.33 bits per heavy atom. The van der Waals surface area contributed by atoms with Crippen LogP contribution in [0.1, 0.15) is 29.5 Å². The van der Waals surface area contributed by atoms with Crippen molar-refractivity contribution < 1.29 is 13.2 Å². The zero-order valence-corrected chi connectivity index (χ0v) is 17.6. The fourth-order valence-electron chi connectivity index (χ4n) is 2.74. The monoisotopic (exact) mass is 408 g/mol. The van der Waals surface area contributed by atoms with E-state index >= 15 is 0 Å². The first-order chi connectivity index (χ1) is 12.6. The third kappa shape index (κ3) is 5.97. The van der Waals surface area contributed by atoms with E-state index in [0.29, 0.717) is 17.1 Å². The van der Waals surface area contributed by atoms with Gasteiger partial charge in [-0.2, -0.15) is 0 Å². The number of nitrogens with one attached hydrogen (secondary N) is 1. The predicted octanol–water partition coefficient (Wildman–Crippen LogP) is 4.45. The molecule has 0 spiro atoms. The Bertz CT molecular complexity index is 942. The van der Waals surface area contributed by atoms with E-state index in [1.165, 1.54) is 4.31 Å². The van der Waals surface area contributed by atoms with Crippen LogP contribution in [-0.2, 0) is 14.8 Å². The molecule has 0 aliphatic carbocycles. The highest BCUT2D eigenvalue weighted by atomic mass is 35.5. The molecule has 0 saturated carbocycles. The second kappa shape index (κ2) is 8.76. The van der Waals surface area contributed by atoms with Gasteiger partial charge in [0.25, 0.3) is 0 Å². The van der Waals surface area contributed by atoms with Crippen LogP contribution in [0.3, 0.4) is 0 Å². The Balaban J connectivity index is 2.02. The van der Waals surface area contributed by atoms with Crippen molar-refractivity contribution in [3.05, 3.63) is 58.1 Å². The number of aryl methyl sites for hydroxylation is 3. The Morgan fingerprint density at radius 2 is 1.70 bits per heavy atom. The van der Waals surface area contributed by atoms with Crippen LogP contribution < -0.4 is 9.62 Å². The highest BCUT2D eigenvalue weighted by molar-refractivity contribution is 7.92. The van der Waals surface area contributed by atoms with Crippen LogP contribution in [0.25, 0.3) is 0 Å². The molecule has 0 unspecified atom stereocenters. The molecule has 146 valence electrons. The van der Waals surface area contributed by atoms with E-state index in [4.69, 9.17) is 11.6 Å². The largest absolute Gasteiger partial charge is 0.326 e. The predicted molar refractivity (Wildman–Crippen MR) is 112 cm³/mol. The minimum absolute atomic E-state index is 0.144. The quantitative estimate of drug-likeness (QED) is 0.735. The average molecular weight is 409 g/mol. The van der Waals surface area contributed by atoms with Crippen LogP contribution in [0, 0.1) is 20.8 Å². The summed E-state index contributed by atoms with van der Waals surface area (Å²) in [6.07, 6.45) is 1.77. The second-order valence-electron chi connectivity index (χ2n) is 6.72. The van der Waals surface area contributed by atoms with Gasteiger partial charge < -0.3 is 5.32 Å². The van der Waals surface area contributed by atoms with E-state index in [1.54, 1.807) is 18.2 Å². The van der Waals surface area contributed by atoms with Crippen molar-refractivity contribution in [1.29, 1.82) is 0 Å². The van der Waals surface area contributed by atoms with Gasteiger partial charge in [0.2, 0.25) is 15.9 Å². The normalized spacial score (nSPS) is 11.3. The number of nitrogens with zero attached hydrogens (tertiary/aromatic N) is 1. The van der Waals surface area contributed by atoms with E-state index in [2.05, 4.69) is 5.32 Å². The number of carbonyl (C=O) groups is 1. The number of benzene rings is 2. The summed E-state index contributed by atoms with van der Waals surface area (Å²) in [4.78, 5) is 12.2. The lowest BCUT2D eigenvalue weighted by atomic mass is 10.1. The third-order valence-corrected chi connectivity index (χ3v) is 5.81. The molecule has 0 saturated heterocycles. The molecule has 0 bridgehead atoms. The highest BCUT2D eigenvalue weighted by Crippen LogP contribution is 2.26. The van der Waals surface area contributed by atoms with Gasteiger partial charge in [0.05, 0.1) is 11.9 Å². The zero-order chi connectivity index (χ0) is 20.2. The molecule has 0 radical (unpaired) electrons. The van der Waals surface area contributed by atoms with Gasteiger partial charge in [-0.3, -0.25) is 9.10 Å². The van der Waals surface area contributed by atoms with Crippen molar-refractivity contribution in [2.75, 3.05) is 22.4 Å². The minimum Gasteiger partial charge on any atom is -0.326 e. The summed E-state index contributed by atoms with van der Waals surface area (Å²) in [5.74, 6) is -0.144. The van der Waals surface area contributed by atoms with Crippen molar-refractivity contribution in [3.63, 3.8) is 0 Å². The van der Waals surface area contributed by atoms with Gasteiger partial charge in [-0.1, -0.05) is 23.7 Å². The van der Waals surface area contributed by atoms with E-state index in [0.717, 1.165) is 28.6 Å². The third-order valence-electron chi connectivity index (χ3n) is 4.40. The molecule has 27 heavy (non-hydrogen) atoms. The van der Waals surface area contributed by atoms with E-state index in [-0.39, 0.29) is 18.9 Å². The molecule has 0 aliphatic rings. The molecule has 2 aromatic rings. The number of hydrogen-bond acceptors (Lipinski definition) is 3. The molecule has 1 amide bonds. The maximum absolute atomic E-state index is 12.2. The molecule has 0 aromatic heterocycles. The maximum atomic E-state index is 12.2. The number of anilines is 2. The van der Waals surface area contributed by atoms with Crippen molar-refractivity contribution in [3.8, 4) is 0 Å². The topological polar surface area (TPSA) is 66.5 Å². The maximum Gasteiger partial charge on any atom is 0.232 e. The first-order valence-corrected chi connectivity index (χ1v) is 10.9. The smallest absolute Gasteiger partial charge is 0.232 e. The molecule has 7 heteroatoms. The van der Waals surface area contributed by atoms with Crippen LogP contribution in [0.4, 0.5) is 11.4 Å². The fraction of sp³-hybridized carbons (Fsp3) is 0.350. The molecule has 2 aromatic carbocycles. The van der Waals surface area contributed by atoms with Gasteiger partial charge in [-0.05, 0) is 68.1 Å². The molecular weight excluding hydrogens is 384 g/mol.